The fourth-order valence-corrected chi connectivity index (χ4v) is 4.55. The monoisotopic (exact) mass is 500 g/mol. The number of carbonyl (C=O) groups is 3. The molecule has 190 valence electrons. The topological polar surface area (TPSA) is 158 Å². The molecule has 2 unspecified atom stereocenters. The number of hydrogen-bond acceptors (Lipinski definition) is 9. The van der Waals surface area contributed by atoms with Gasteiger partial charge in [0, 0.05) is 6.07 Å². The number of carbonyl (C=O) groups excluding carboxylic acids is 3. The summed E-state index contributed by atoms with van der Waals surface area (Å²) in [5.74, 6) is -0.151. The number of hydrogen-bond donors (Lipinski definition) is 3. The van der Waals surface area contributed by atoms with Crippen LogP contribution in [0.3, 0.4) is 0 Å². The average Bonchev–Trinajstić information content (AvgIpc) is 3.43. The summed E-state index contributed by atoms with van der Waals surface area (Å²) in [6.07, 6.45) is 2.41. The fraction of sp³-hybridized carbons (Fsp3) is 0.435. The molecule has 0 bridgehead atoms. The maximum absolute atomic E-state index is 14.5. The molecule has 4 N–H and O–H groups in total. The molecule has 5 rings (SSSR count). The molecule has 0 spiro atoms. The van der Waals surface area contributed by atoms with Gasteiger partial charge >= 0.3 is 6.09 Å². The highest BCUT2D eigenvalue weighted by atomic mass is 19.1. The predicted octanol–water partition coefficient (Wildman–Crippen LogP) is 0.531. The van der Waals surface area contributed by atoms with E-state index < -0.39 is 12.0 Å². The van der Waals surface area contributed by atoms with Crippen LogP contribution in [0.4, 0.5) is 20.8 Å². The van der Waals surface area contributed by atoms with E-state index in [1.807, 2.05) is 0 Å². The summed E-state index contributed by atoms with van der Waals surface area (Å²) in [5, 5.41) is 5.93. The largest absolute Gasteiger partial charge is 0.484 e. The van der Waals surface area contributed by atoms with E-state index in [2.05, 4.69) is 20.6 Å². The van der Waals surface area contributed by atoms with E-state index in [0.29, 0.717) is 50.2 Å². The van der Waals surface area contributed by atoms with Crippen LogP contribution in [0.5, 0.6) is 11.6 Å². The van der Waals surface area contributed by atoms with Gasteiger partial charge in [0.1, 0.15) is 17.7 Å². The van der Waals surface area contributed by atoms with Crippen LogP contribution in [-0.2, 0) is 27.2 Å². The number of aromatic nitrogens is 2. The van der Waals surface area contributed by atoms with E-state index in [0.717, 1.165) is 5.56 Å². The Balaban J connectivity index is 1.08. The van der Waals surface area contributed by atoms with Crippen LogP contribution in [0, 0.1) is 11.7 Å². The summed E-state index contributed by atoms with van der Waals surface area (Å²) in [4.78, 5) is 44.5. The Labute approximate surface area is 205 Å². The van der Waals surface area contributed by atoms with Crippen LogP contribution in [0.2, 0.25) is 0 Å². The summed E-state index contributed by atoms with van der Waals surface area (Å²) >= 11 is 0. The van der Waals surface area contributed by atoms with Gasteiger partial charge in [0.15, 0.2) is 24.8 Å². The molecule has 2 atom stereocenters. The van der Waals surface area contributed by atoms with Crippen LogP contribution in [0.15, 0.2) is 18.3 Å². The normalized spacial score (nSPS) is 20.3. The Kier molecular flexibility index (Phi) is 6.55. The molecule has 1 saturated heterocycles. The maximum atomic E-state index is 14.5. The lowest BCUT2D eigenvalue weighted by atomic mass is 10.1. The molecule has 3 amide bonds. The number of anilines is 2. The number of fused-ring (bicyclic) bond motifs is 2. The molecule has 1 aliphatic carbocycles. The number of benzene rings is 1. The van der Waals surface area contributed by atoms with Crippen molar-refractivity contribution in [3.05, 3.63) is 35.3 Å². The number of nitrogens with one attached hydrogen (secondary N) is 2. The number of cyclic esters (lactones) is 1. The smallest absolute Gasteiger partial charge is 0.415 e. The van der Waals surface area contributed by atoms with Gasteiger partial charge in [0.05, 0.1) is 12.7 Å². The molecule has 1 aromatic carbocycles. The third kappa shape index (κ3) is 5.15. The molecule has 3 heterocycles. The number of primary amides is 1. The van der Waals surface area contributed by atoms with Crippen LogP contribution < -0.4 is 30.7 Å². The predicted molar refractivity (Wildman–Crippen MR) is 123 cm³/mol. The second-order valence-corrected chi connectivity index (χ2v) is 8.90. The number of amides is 3. The van der Waals surface area contributed by atoms with Crippen molar-refractivity contribution in [2.75, 3.05) is 43.1 Å². The summed E-state index contributed by atoms with van der Waals surface area (Å²) in [5.41, 5.74) is 6.62. The molecular formula is C23H25FN6O6. The van der Waals surface area contributed by atoms with Crippen molar-refractivity contribution in [1.29, 1.82) is 0 Å². The Morgan fingerprint density at radius 1 is 1.33 bits per heavy atom. The van der Waals surface area contributed by atoms with Crippen LogP contribution >= 0.6 is 0 Å². The lowest BCUT2D eigenvalue weighted by Gasteiger charge is -2.18. The van der Waals surface area contributed by atoms with Crippen molar-refractivity contribution in [2.24, 2.45) is 11.7 Å². The highest BCUT2D eigenvalue weighted by Gasteiger charge is 2.34. The van der Waals surface area contributed by atoms with E-state index in [4.69, 9.17) is 19.9 Å². The van der Waals surface area contributed by atoms with E-state index >= 15 is 0 Å². The first-order chi connectivity index (χ1) is 17.4. The van der Waals surface area contributed by atoms with E-state index in [1.54, 1.807) is 6.07 Å². The lowest BCUT2D eigenvalue weighted by Crippen LogP contribution is -2.30. The van der Waals surface area contributed by atoms with E-state index in [1.165, 1.54) is 17.2 Å². The molecule has 0 radical (unpaired) electrons. The maximum Gasteiger partial charge on any atom is 0.415 e. The fourth-order valence-electron chi connectivity index (χ4n) is 4.55. The van der Waals surface area contributed by atoms with Gasteiger partial charge in [-0.25, -0.2) is 19.2 Å². The van der Waals surface area contributed by atoms with Crippen molar-refractivity contribution in [2.45, 2.75) is 25.4 Å². The lowest BCUT2D eigenvalue weighted by molar-refractivity contribution is -0.120. The highest BCUT2D eigenvalue weighted by molar-refractivity contribution is 5.94. The second kappa shape index (κ2) is 9.93. The molecule has 2 aromatic rings. The Bertz CT molecular complexity index is 1210. The first-order valence-corrected chi connectivity index (χ1v) is 11.6. The van der Waals surface area contributed by atoms with Gasteiger partial charge in [-0.15, -0.1) is 0 Å². The second-order valence-electron chi connectivity index (χ2n) is 8.90. The van der Waals surface area contributed by atoms with Crippen molar-refractivity contribution in [1.82, 2.24) is 15.3 Å². The van der Waals surface area contributed by atoms with Crippen molar-refractivity contribution >= 4 is 29.5 Å². The standard InChI is InChI=1S/C23H25FN6O6/c24-17-6-15(34-10-18(25)31)5-13-3-12(4-16(13)17)7-26-2-1-14-9-30(23(33)36-14)19-8-27-22-21(28-19)29-20(32)11-35-22/h5-6,8,12,14,26H,1-4,7,9-11H2,(H2,25,31)(H,28,29,32). The van der Waals surface area contributed by atoms with Gasteiger partial charge in [-0.05, 0) is 55.5 Å². The zero-order valence-corrected chi connectivity index (χ0v) is 19.3. The molecular weight excluding hydrogens is 475 g/mol. The number of nitrogens with two attached hydrogens (primary N) is 1. The first-order valence-electron chi connectivity index (χ1n) is 11.6. The molecule has 12 nitrogen and oxygen atoms in total. The summed E-state index contributed by atoms with van der Waals surface area (Å²) < 4.78 is 30.3. The third-order valence-electron chi connectivity index (χ3n) is 6.19. The van der Waals surface area contributed by atoms with Crippen LogP contribution in [0.1, 0.15) is 17.5 Å². The molecule has 2 aliphatic heterocycles. The molecule has 0 saturated carbocycles. The van der Waals surface area contributed by atoms with E-state index in [-0.39, 0.29) is 54.5 Å². The summed E-state index contributed by atoms with van der Waals surface area (Å²) in [7, 11) is 0. The van der Waals surface area contributed by atoms with Gasteiger partial charge in [-0.1, -0.05) is 0 Å². The SMILES string of the molecule is NC(=O)COc1cc(F)c2c(c1)CC(CNCCC1CN(c3cnc4c(n3)NC(=O)CO4)C(=O)O1)C2. The summed E-state index contributed by atoms with van der Waals surface area (Å²) in [6.45, 7) is 1.16. The average molecular weight is 500 g/mol. The number of rotatable bonds is 9. The van der Waals surface area contributed by atoms with Crippen molar-refractivity contribution in [3.8, 4) is 11.6 Å². The quantitative estimate of drug-likeness (QED) is 0.418. The molecule has 1 fully saturated rings. The molecule has 36 heavy (non-hydrogen) atoms. The van der Waals surface area contributed by atoms with Gasteiger partial charge in [-0.3, -0.25) is 14.5 Å². The van der Waals surface area contributed by atoms with Gasteiger partial charge in [0.25, 0.3) is 17.7 Å². The third-order valence-corrected chi connectivity index (χ3v) is 6.19. The van der Waals surface area contributed by atoms with Crippen LogP contribution in [0.25, 0.3) is 0 Å². The van der Waals surface area contributed by atoms with Crippen LogP contribution in [-0.4, -0.2) is 66.8 Å². The van der Waals surface area contributed by atoms with Gasteiger partial charge in [0.2, 0.25) is 0 Å². The van der Waals surface area contributed by atoms with Gasteiger partial charge < -0.3 is 30.6 Å². The minimum atomic E-state index is -0.618. The Morgan fingerprint density at radius 3 is 3.03 bits per heavy atom. The minimum absolute atomic E-state index is 0.129. The molecule has 1 aromatic heterocycles. The number of halogens is 1. The Morgan fingerprint density at radius 2 is 2.19 bits per heavy atom. The highest BCUT2D eigenvalue weighted by Crippen LogP contribution is 2.32. The van der Waals surface area contributed by atoms with Gasteiger partial charge in [-0.2, -0.15) is 0 Å². The molecule has 13 heteroatoms. The Hall–Kier alpha value is -4.00. The number of ether oxygens (including phenoxy) is 3. The van der Waals surface area contributed by atoms with Crippen molar-refractivity contribution < 1.29 is 33.0 Å². The number of nitrogens with zero attached hydrogens (tertiary/aromatic N) is 3. The zero-order chi connectivity index (χ0) is 25.2. The minimum Gasteiger partial charge on any atom is -0.484 e. The molecule has 3 aliphatic rings. The zero-order valence-electron chi connectivity index (χ0n) is 19.3. The van der Waals surface area contributed by atoms with E-state index in [9.17, 15) is 18.8 Å². The summed E-state index contributed by atoms with van der Waals surface area (Å²) in [6, 6.07) is 3.04. The first kappa shape index (κ1) is 23.7. The van der Waals surface area contributed by atoms with Crippen molar-refractivity contribution in [3.63, 3.8) is 0 Å².